The molecule has 0 saturated carbocycles. The minimum Gasteiger partial charge on any atom is -0.496 e. The van der Waals surface area contributed by atoms with Gasteiger partial charge in [-0.2, -0.15) is 0 Å². The molecule has 1 heterocycles. The minimum absolute atomic E-state index is 0.0356. The zero-order valence-electron chi connectivity index (χ0n) is 15.4. The highest BCUT2D eigenvalue weighted by Gasteiger charge is 2.30. The molecule has 1 aromatic carbocycles. The monoisotopic (exact) mass is 362 g/mol. The van der Waals surface area contributed by atoms with Gasteiger partial charge < -0.3 is 20.1 Å². The Morgan fingerprint density at radius 3 is 2.73 bits per heavy atom. The van der Waals surface area contributed by atoms with Crippen molar-refractivity contribution in [2.75, 3.05) is 25.5 Å². The van der Waals surface area contributed by atoms with Crippen LogP contribution in [-0.2, 0) is 9.59 Å². The number of hydrogen-bond acceptors (Lipinski definition) is 4. The molecule has 0 radical (unpaired) electrons. The number of amides is 2. The summed E-state index contributed by atoms with van der Waals surface area (Å²) in [6.07, 6.45) is 2.30. The highest BCUT2D eigenvalue weighted by molar-refractivity contribution is 5.95. The van der Waals surface area contributed by atoms with Crippen LogP contribution in [0.25, 0.3) is 0 Å². The molecule has 2 unspecified atom stereocenters. The first-order valence-electron chi connectivity index (χ1n) is 8.88. The molecule has 1 aliphatic rings. The molecule has 0 bridgehead atoms. The van der Waals surface area contributed by atoms with Crippen molar-refractivity contribution in [3.8, 4) is 5.75 Å². The molecule has 0 aliphatic carbocycles. The third kappa shape index (κ3) is 4.53. The third-order valence-corrected chi connectivity index (χ3v) is 4.84. The number of ether oxygens (including phenoxy) is 1. The Kier molecular flexibility index (Phi) is 6.60. The molecule has 0 spiro atoms. The number of carbonyl (C=O) groups excluding carboxylic acids is 2. The Balaban J connectivity index is 2.05. The molecule has 7 heteroatoms. The summed E-state index contributed by atoms with van der Waals surface area (Å²) in [6, 6.07) is 4.43. The van der Waals surface area contributed by atoms with Crippen molar-refractivity contribution in [2.45, 2.75) is 33.1 Å². The largest absolute Gasteiger partial charge is 0.496 e. The number of anilines is 1. The van der Waals surface area contributed by atoms with Crippen LogP contribution in [0.1, 0.15) is 43.5 Å². The number of rotatable bonds is 6. The Hall–Kier alpha value is -2.57. The van der Waals surface area contributed by atoms with Crippen molar-refractivity contribution < 1.29 is 24.2 Å². The second kappa shape index (κ2) is 8.69. The molecule has 2 amide bonds. The van der Waals surface area contributed by atoms with Gasteiger partial charge in [-0.3, -0.25) is 9.59 Å². The highest BCUT2D eigenvalue weighted by Crippen LogP contribution is 2.25. The van der Waals surface area contributed by atoms with Gasteiger partial charge in [0.1, 0.15) is 11.3 Å². The van der Waals surface area contributed by atoms with Crippen LogP contribution in [0.3, 0.4) is 0 Å². The molecule has 7 nitrogen and oxygen atoms in total. The van der Waals surface area contributed by atoms with Crippen LogP contribution in [0, 0.1) is 11.8 Å². The maximum Gasteiger partial charge on any atom is 0.339 e. The number of carbonyl (C=O) groups is 3. The second-order valence-electron chi connectivity index (χ2n) is 6.64. The number of hydrogen-bond donors (Lipinski definition) is 2. The number of carboxylic acids is 1. The third-order valence-electron chi connectivity index (χ3n) is 4.84. The van der Waals surface area contributed by atoms with E-state index in [1.54, 1.807) is 4.90 Å². The average Bonchev–Trinajstić information content (AvgIpc) is 2.66. The van der Waals surface area contributed by atoms with Crippen LogP contribution in [-0.4, -0.2) is 48.0 Å². The summed E-state index contributed by atoms with van der Waals surface area (Å²) < 4.78 is 5.08. The number of methoxy groups -OCH3 is 1. The van der Waals surface area contributed by atoms with Crippen LogP contribution in [0.4, 0.5) is 5.69 Å². The van der Waals surface area contributed by atoms with Crippen LogP contribution in [0.15, 0.2) is 18.2 Å². The van der Waals surface area contributed by atoms with Gasteiger partial charge in [0.25, 0.3) is 0 Å². The standard InChI is InChI=1S/C19H26N2O5/c1-4-12(2)18(23)21-9-5-6-13(11-21)17(22)20-14-7-8-15(19(24)25)16(10-14)26-3/h7-8,10,12-13H,4-6,9,11H2,1-3H3,(H,20,22)(H,24,25). The number of carboxylic acid groups (broad SMARTS) is 1. The second-order valence-corrected chi connectivity index (χ2v) is 6.64. The van der Waals surface area contributed by atoms with Gasteiger partial charge in [0.05, 0.1) is 13.0 Å². The summed E-state index contributed by atoms with van der Waals surface area (Å²) in [5.41, 5.74) is 0.510. The lowest BCUT2D eigenvalue weighted by atomic mass is 9.95. The predicted octanol–water partition coefficient (Wildman–Crippen LogP) is 2.62. The zero-order valence-corrected chi connectivity index (χ0v) is 15.4. The maximum absolute atomic E-state index is 12.6. The molecular formula is C19H26N2O5. The van der Waals surface area contributed by atoms with Crippen molar-refractivity contribution >= 4 is 23.5 Å². The Morgan fingerprint density at radius 2 is 2.12 bits per heavy atom. The van der Waals surface area contributed by atoms with Gasteiger partial charge in [-0.05, 0) is 31.4 Å². The first-order valence-corrected chi connectivity index (χ1v) is 8.88. The normalized spacial score (nSPS) is 18.1. The lowest BCUT2D eigenvalue weighted by Crippen LogP contribution is -2.45. The summed E-state index contributed by atoms with van der Waals surface area (Å²) >= 11 is 0. The first kappa shape index (κ1) is 19.8. The van der Waals surface area contributed by atoms with E-state index in [1.807, 2.05) is 13.8 Å². The summed E-state index contributed by atoms with van der Waals surface area (Å²) in [4.78, 5) is 37.9. The molecule has 26 heavy (non-hydrogen) atoms. The fourth-order valence-electron chi connectivity index (χ4n) is 3.07. The molecule has 1 aliphatic heterocycles. The zero-order chi connectivity index (χ0) is 19.3. The fraction of sp³-hybridized carbons (Fsp3) is 0.526. The Morgan fingerprint density at radius 1 is 1.38 bits per heavy atom. The predicted molar refractivity (Wildman–Crippen MR) is 97.3 cm³/mol. The van der Waals surface area contributed by atoms with Gasteiger partial charge in [0, 0.05) is 30.8 Å². The molecular weight excluding hydrogens is 336 g/mol. The summed E-state index contributed by atoms with van der Waals surface area (Å²) in [5.74, 6) is -1.29. The van der Waals surface area contributed by atoms with Crippen molar-refractivity contribution in [3.05, 3.63) is 23.8 Å². The Labute approximate surface area is 153 Å². The maximum atomic E-state index is 12.6. The molecule has 1 fully saturated rings. The van der Waals surface area contributed by atoms with Gasteiger partial charge in [-0.25, -0.2) is 4.79 Å². The smallest absolute Gasteiger partial charge is 0.339 e. The van der Waals surface area contributed by atoms with Crippen LogP contribution in [0.2, 0.25) is 0 Å². The Bertz CT molecular complexity index is 689. The van der Waals surface area contributed by atoms with Crippen molar-refractivity contribution in [2.24, 2.45) is 11.8 Å². The topological polar surface area (TPSA) is 95.9 Å². The quantitative estimate of drug-likeness (QED) is 0.811. The van der Waals surface area contributed by atoms with Crippen LogP contribution >= 0.6 is 0 Å². The number of piperidine rings is 1. The van der Waals surface area contributed by atoms with E-state index >= 15 is 0 Å². The molecule has 2 atom stereocenters. The SMILES string of the molecule is CCC(C)C(=O)N1CCCC(C(=O)Nc2ccc(C(=O)O)c(OC)c2)C1. The summed E-state index contributed by atoms with van der Waals surface area (Å²) in [6.45, 7) is 4.99. The lowest BCUT2D eigenvalue weighted by Gasteiger charge is -2.33. The van der Waals surface area contributed by atoms with Gasteiger partial charge in [-0.1, -0.05) is 13.8 Å². The van der Waals surface area contributed by atoms with Crippen LogP contribution in [0.5, 0.6) is 5.75 Å². The van der Waals surface area contributed by atoms with Crippen LogP contribution < -0.4 is 10.1 Å². The van der Waals surface area contributed by atoms with E-state index in [0.717, 1.165) is 19.3 Å². The molecule has 0 aromatic heterocycles. The molecule has 1 saturated heterocycles. The molecule has 142 valence electrons. The van der Waals surface area contributed by atoms with Gasteiger partial charge in [0.15, 0.2) is 0 Å². The fourth-order valence-corrected chi connectivity index (χ4v) is 3.07. The van der Waals surface area contributed by atoms with E-state index in [2.05, 4.69) is 5.32 Å². The van der Waals surface area contributed by atoms with E-state index in [0.29, 0.717) is 18.8 Å². The van der Waals surface area contributed by atoms with E-state index in [-0.39, 0.29) is 35.0 Å². The number of aromatic carboxylic acids is 1. The van der Waals surface area contributed by atoms with Crippen molar-refractivity contribution in [3.63, 3.8) is 0 Å². The van der Waals surface area contributed by atoms with Gasteiger partial charge in [-0.15, -0.1) is 0 Å². The minimum atomic E-state index is -1.09. The highest BCUT2D eigenvalue weighted by atomic mass is 16.5. The molecule has 2 N–H and O–H groups in total. The van der Waals surface area contributed by atoms with E-state index in [4.69, 9.17) is 9.84 Å². The van der Waals surface area contributed by atoms with Crippen molar-refractivity contribution in [1.82, 2.24) is 4.90 Å². The number of nitrogens with one attached hydrogen (secondary N) is 1. The van der Waals surface area contributed by atoms with Gasteiger partial charge >= 0.3 is 5.97 Å². The number of likely N-dealkylation sites (tertiary alicyclic amines) is 1. The lowest BCUT2D eigenvalue weighted by molar-refractivity contribution is -0.138. The molecule has 1 aromatic rings. The number of benzene rings is 1. The average molecular weight is 362 g/mol. The molecule has 2 rings (SSSR count). The first-order chi connectivity index (χ1) is 12.4. The van der Waals surface area contributed by atoms with Gasteiger partial charge in [0.2, 0.25) is 11.8 Å². The number of nitrogens with zero attached hydrogens (tertiary/aromatic N) is 1. The van der Waals surface area contributed by atoms with E-state index < -0.39 is 5.97 Å². The van der Waals surface area contributed by atoms with Crippen molar-refractivity contribution in [1.29, 1.82) is 0 Å². The summed E-state index contributed by atoms with van der Waals surface area (Å²) in [5, 5.41) is 11.9. The van der Waals surface area contributed by atoms with E-state index in [9.17, 15) is 14.4 Å². The van der Waals surface area contributed by atoms with E-state index in [1.165, 1.54) is 25.3 Å². The summed E-state index contributed by atoms with van der Waals surface area (Å²) in [7, 11) is 1.38.